The highest BCUT2D eigenvalue weighted by atomic mass is 15.2. The van der Waals surface area contributed by atoms with Gasteiger partial charge in [0.1, 0.15) is 0 Å². The summed E-state index contributed by atoms with van der Waals surface area (Å²) < 4.78 is 0. The monoisotopic (exact) mass is 1010 g/mol. The predicted molar refractivity (Wildman–Crippen MR) is 324 cm³/mol. The summed E-state index contributed by atoms with van der Waals surface area (Å²) in [4.78, 5) is 2.83. The minimum Gasteiger partial charge on any atom is -0.338 e. The summed E-state index contributed by atoms with van der Waals surface area (Å²) in [7, 11) is 0. The summed E-state index contributed by atoms with van der Waals surface area (Å²) in [5, 5.41) is 0. The van der Waals surface area contributed by atoms with Crippen molar-refractivity contribution in [2.45, 2.75) is 154 Å². The zero-order valence-electron chi connectivity index (χ0n) is 46.2. The van der Waals surface area contributed by atoms with Crippen molar-refractivity contribution in [3.8, 4) is 0 Å². The van der Waals surface area contributed by atoms with E-state index in [-0.39, 0.29) is 22.3 Å². The molecule has 1 aromatic carbocycles. The SMILES string of the molecule is CC1(C)C2=C(C=CCC2)c2ccc(N(C3=CC4=C(CC3)C3=C(C=C(C5=CC6=C(CC5)C5=C(C=CCC5)C65C6=C(CCC=C6)C6=C5C=CCC6)CC3)C43C4=C(CCC=C4)C4=C3C=CCC4)C3C=CC(C4C=CC=CC4)=CC3)cc21. The third-order valence-electron chi connectivity index (χ3n) is 22.1. The van der Waals surface area contributed by atoms with Gasteiger partial charge in [-0.3, -0.25) is 0 Å². The van der Waals surface area contributed by atoms with Crippen molar-refractivity contribution in [3.05, 3.63) is 280 Å². The number of hydrogen-bond donors (Lipinski definition) is 0. The Hall–Kier alpha value is -6.70. The summed E-state index contributed by atoms with van der Waals surface area (Å²) in [6.45, 7) is 4.99. The average Bonchev–Trinajstić information content (AvgIpc) is 3.67. The Morgan fingerprint density at radius 3 is 1.46 bits per heavy atom. The van der Waals surface area contributed by atoms with Gasteiger partial charge in [0.05, 0.1) is 16.9 Å². The van der Waals surface area contributed by atoms with Gasteiger partial charge in [-0.05, 0) is 269 Å². The van der Waals surface area contributed by atoms with E-state index in [4.69, 9.17) is 0 Å². The van der Waals surface area contributed by atoms with E-state index in [1.165, 1.54) is 65.8 Å². The highest BCUT2D eigenvalue weighted by Gasteiger charge is 2.58. The number of rotatable bonds is 5. The molecule has 0 heterocycles. The fourth-order valence-electron chi connectivity index (χ4n) is 18.8. The molecule has 0 amide bonds. The third-order valence-corrected chi connectivity index (χ3v) is 22.1. The maximum atomic E-state index is 2.84. The molecule has 0 radical (unpaired) electrons. The first-order valence-corrected chi connectivity index (χ1v) is 30.8. The van der Waals surface area contributed by atoms with E-state index >= 15 is 0 Å². The number of hydrogen-bond acceptors (Lipinski definition) is 1. The van der Waals surface area contributed by atoms with Crippen LogP contribution in [0.15, 0.2) is 269 Å². The third kappa shape index (κ3) is 6.15. The fraction of sp³-hybridized carbons (Fsp3) is 0.351. The molecule has 1 aromatic rings. The molecule has 0 bridgehead atoms. The largest absolute Gasteiger partial charge is 0.338 e. The number of allylic oxidation sites excluding steroid dienone is 42. The van der Waals surface area contributed by atoms with Crippen molar-refractivity contribution in [3.63, 3.8) is 0 Å². The molecule has 17 rings (SSSR count). The maximum Gasteiger partial charge on any atom is 0.0713 e. The molecule has 0 fully saturated rings. The van der Waals surface area contributed by atoms with Gasteiger partial charge in [-0.25, -0.2) is 0 Å². The molecule has 0 N–H and O–H groups in total. The van der Waals surface area contributed by atoms with Crippen LogP contribution in [0.1, 0.15) is 153 Å². The van der Waals surface area contributed by atoms with Crippen molar-refractivity contribution in [2.24, 2.45) is 16.7 Å². The molecule has 0 aromatic heterocycles. The van der Waals surface area contributed by atoms with E-state index in [1.807, 2.05) is 0 Å². The van der Waals surface area contributed by atoms with Crippen LogP contribution in [0.2, 0.25) is 0 Å². The lowest BCUT2D eigenvalue weighted by Gasteiger charge is -2.41. The van der Waals surface area contributed by atoms with Crippen LogP contribution in [0.5, 0.6) is 0 Å². The van der Waals surface area contributed by atoms with Crippen LogP contribution in [0.3, 0.4) is 0 Å². The van der Waals surface area contributed by atoms with Gasteiger partial charge in [-0.15, -0.1) is 0 Å². The van der Waals surface area contributed by atoms with E-state index in [1.54, 1.807) is 106 Å². The Kier molecular flexibility index (Phi) is 10.2. The zero-order valence-corrected chi connectivity index (χ0v) is 46.2. The Labute approximate surface area is 464 Å². The second-order valence-corrected chi connectivity index (χ2v) is 25.9. The molecule has 2 spiro atoms. The molecule has 0 saturated heterocycles. The molecular formula is C77H73N. The van der Waals surface area contributed by atoms with Crippen molar-refractivity contribution < 1.29 is 0 Å². The number of benzene rings is 1. The van der Waals surface area contributed by atoms with Gasteiger partial charge < -0.3 is 4.90 Å². The van der Waals surface area contributed by atoms with E-state index < -0.39 is 0 Å². The summed E-state index contributed by atoms with van der Waals surface area (Å²) in [6.07, 6.45) is 78.4. The number of fused-ring (bicyclic) bond motifs is 14. The van der Waals surface area contributed by atoms with E-state index in [2.05, 4.69) is 171 Å². The Morgan fingerprint density at radius 1 is 0.436 bits per heavy atom. The smallest absolute Gasteiger partial charge is 0.0713 e. The fourth-order valence-corrected chi connectivity index (χ4v) is 18.8. The summed E-state index contributed by atoms with van der Waals surface area (Å²) in [6, 6.07) is 7.86. The van der Waals surface area contributed by atoms with Crippen LogP contribution in [0, 0.1) is 16.7 Å². The summed E-state index contributed by atoms with van der Waals surface area (Å²) in [5.74, 6) is 0.462. The van der Waals surface area contributed by atoms with Crippen LogP contribution in [0.4, 0.5) is 5.69 Å². The van der Waals surface area contributed by atoms with E-state index in [9.17, 15) is 0 Å². The minimum atomic E-state index is -0.290. The number of nitrogens with zero attached hydrogens (tertiary/aromatic N) is 1. The quantitative estimate of drug-likeness (QED) is 0.284. The lowest BCUT2D eigenvalue weighted by Crippen LogP contribution is -2.36. The standard InChI is InChI=1S/C77H73N/c1-75(2)65-26-12-6-20-55(65)61-42-38-53(46-71(61)75)78(52-36-32-49(33-37-52)48-18-4-3-5-19-48)54-39-43-64-63-41-35-51(45-73(63)77(74(64)47-54)69-30-16-9-23-58(69)59-24-10-17-31-70(59)77)50-34-40-62-60-25-11-15-29-68(60)76(72(62)44-50)66-27-13-7-21-56(66)57-22-8-14-28-67(57)76/h3-6,13-18,20,27-33,36,38,42,44-48,52H,7-12,19,21-26,34-35,37,39-41,43H2,1-2H3. The second kappa shape index (κ2) is 17.2. The average molecular weight is 1010 g/mol. The molecule has 16 aliphatic carbocycles. The van der Waals surface area contributed by atoms with Crippen LogP contribution < -0.4 is 4.90 Å². The number of anilines is 1. The van der Waals surface area contributed by atoms with Crippen LogP contribution in [-0.2, 0) is 5.41 Å². The predicted octanol–water partition coefficient (Wildman–Crippen LogP) is 19.5. The first-order chi connectivity index (χ1) is 38.4. The van der Waals surface area contributed by atoms with Gasteiger partial charge in [0, 0.05) is 22.7 Å². The van der Waals surface area contributed by atoms with Gasteiger partial charge >= 0.3 is 0 Å². The normalized spacial score (nSPS) is 28.6. The molecule has 2 unspecified atom stereocenters. The summed E-state index contributed by atoms with van der Waals surface area (Å²) in [5.41, 5.74) is 39.5. The minimum absolute atomic E-state index is 0.0113. The Balaban J connectivity index is 0.816. The van der Waals surface area contributed by atoms with Crippen LogP contribution >= 0.6 is 0 Å². The Morgan fingerprint density at radius 2 is 0.936 bits per heavy atom. The first-order valence-electron chi connectivity index (χ1n) is 30.8. The molecule has 1 nitrogen and oxygen atoms in total. The summed E-state index contributed by atoms with van der Waals surface area (Å²) >= 11 is 0. The molecule has 0 saturated carbocycles. The Bertz CT molecular complexity index is 3700. The lowest BCUT2D eigenvalue weighted by atomic mass is 9.63. The topological polar surface area (TPSA) is 3.24 Å². The van der Waals surface area contributed by atoms with Gasteiger partial charge in [-0.2, -0.15) is 0 Å². The zero-order chi connectivity index (χ0) is 51.5. The van der Waals surface area contributed by atoms with Crippen LogP contribution in [-0.4, -0.2) is 6.04 Å². The maximum absolute atomic E-state index is 2.84. The van der Waals surface area contributed by atoms with Gasteiger partial charge in [-0.1, -0.05) is 153 Å². The highest BCUT2D eigenvalue weighted by molar-refractivity contribution is 5.89. The van der Waals surface area contributed by atoms with Crippen molar-refractivity contribution in [1.82, 2.24) is 0 Å². The molecule has 78 heavy (non-hydrogen) atoms. The van der Waals surface area contributed by atoms with Gasteiger partial charge in [0.2, 0.25) is 0 Å². The lowest BCUT2D eigenvalue weighted by molar-refractivity contribution is 0.606. The second-order valence-electron chi connectivity index (χ2n) is 25.9. The van der Waals surface area contributed by atoms with Crippen LogP contribution in [0.25, 0.3) is 5.57 Å². The van der Waals surface area contributed by atoms with E-state index in [0.29, 0.717) is 5.92 Å². The molecule has 16 aliphatic rings. The molecule has 2 atom stereocenters. The highest BCUT2D eigenvalue weighted by Crippen LogP contribution is 2.71. The molecule has 386 valence electrons. The molecular weight excluding hydrogens is 939 g/mol. The van der Waals surface area contributed by atoms with Crippen molar-refractivity contribution in [2.75, 3.05) is 4.90 Å². The van der Waals surface area contributed by atoms with Gasteiger partial charge in [0.15, 0.2) is 0 Å². The van der Waals surface area contributed by atoms with E-state index in [0.717, 1.165) is 96.3 Å². The van der Waals surface area contributed by atoms with Crippen molar-refractivity contribution >= 4 is 11.3 Å². The molecule has 0 aliphatic heterocycles. The van der Waals surface area contributed by atoms with Crippen molar-refractivity contribution in [1.29, 1.82) is 0 Å². The van der Waals surface area contributed by atoms with Gasteiger partial charge in [0.25, 0.3) is 0 Å². The molecule has 1 heteroatoms. The first kappa shape index (κ1) is 46.2.